The second-order valence-corrected chi connectivity index (χ2v) is 4.67. The van der Waals surface area contributed by atoms with E-state index in [1.807, 2.05) is 0 Å². The number of nitrogens with two attached hydrogens (primary N) is 2. The molecule has 1 heterocycles. The van der Waals surface area contributed by atoms with E-state index in [9.17, 15) is 9.59 Å². The number of hydrogen-bond donors (Lipinski definition) is 3. The summed E-state index contributed by atoms with van der Waals surface area (Å²) < 4.78 is 0. The number of nitrogens with one attached hydrogen (secondary N) is 1. The lowest BCUT2D eigenvalue weighted by Crippen LogP contribution is -2.45. The van der Waals surface area contributed by atoms with Gasteiger partial charge in [0.05, 0.1) is 5.54 Å². The molecule has 2 aliphatic rings. The summed E-state index contributed by atoms with van der Waals surface area (Å²) in [7, 11) is 0. The average Bonchev–Trinajstić information content (AvgIpc) is 2.63. The van der Waals surface area contributed by atoms with Crippen molar-refractivity contribution in [2.45, 2.75) is 37.6 Å². The van der Waals surface area contributed by atoms with E-state index in [0.29, 0.717) is 12.1 Å². The van der Waals surface area contributed by atoms with Crippen molar-refractivity contribution in [3.05, 3.63) is 0 Å². The van der Waals surface area contributed by atoms with Gasteiger partial charge in [0, 0.05) is 12.3 Å². The van der Waals surface area contributed by atoms with Crippen molar-refractivity contribution in [2.24, 2.45) is 22.5 Å². The molecule has 1 spiro atoms. The molecule has 6 heteroatoms. The van der Waals surface area contributed by atoms with Crippen LogP contribution in [0.1, 0.15) is 32.1 Å². The fourth-order valence-electron chi connectivity index (χ4n) is 2.47. The largest absolute Gasteiger partial charge is 0.369 e. The van der Waals surface area contributed by atoms with Crippen molar-refractivity contribution in [1.29, 1.82) is 0 Å². The van der Waals surface area contributed by atoms with E-state index in [2.05, 4.69) is 10.5 Å². The fourth-order valence-corrected chi connectivity index (χ4v) is 2.47. The quantitative estimate of drug-likeness (QED) is 0.573. The van der Waals surface area contributed by atoms with Crippen LogP contribution in [0.2, 0.25) is 0 Å². The Balaban J connectivity index is 1.95. The summed E-state index contributed by atoms with van der Waals surface area (Å²) >= 11 is 0. The van der Waals surface area contributed by atoms with Gasteiger partial charge in [-0.05, 0) is 25.7 Å². The van der Waals surface area contributed by atoms with E-state index < -0.39 is 5.91 Å². The maximum atomic E-state index is 11.0. The molecule has 0 radical (unpaired) electrons. The molecule has 88 valence electrons. The molecule has 0 aromatic heterocycles. The summed E-state index contributed by atoms with van der Waals surface area (Å²) in [4.78, 5) is 22.0. The van der Waals surface area contributed by atoms with Gasteiger partial charge in [-0.1, -0.05) is 0 Å². The molecule has 2 amide bonds. The minimum atomic E-state index is -0.471. The summed E-state index contributed by atoms with van der Waals surface area (Å²) in [6, 6.07) is 0. The van der Waals surface area contributed by atoms with E-state index in [1.54, 1.807) is 0 Å². The number of carbonyl (C=O) groups is 2. The first-order valence-electron chi connectivity index (χ1n) is 5.45. The Morgan fingerprint density at radius 2 is 1.94 bits per heavy atom. The van der Waals surface area contributed by atoms with Crippen LogP contribution < -0.4 is 16.9 Å². The highest BCUT2D eigenvalue weighted by Crippen LogP contribution is 2.36. The van der Waals surface area contributed by atoms with Crippen molar-refractivity contribution < 1.29 is 9.59 Å². The number of carbonyl (C=O) groups excluding carboxylic acids is 2. The van der Waals surface area contributed by atoms with E-state index >= 15 is 0 Å². The van der Waals surface area contributed by atoms with E-state index in [-0.39, 0.29) is 17.4 Å². The molecule has 0 saturated heterocycles. The Bertz CT molecular complexity index is 356. The van der Waals surface area contributed by atoms with Crippen LogP contribution >= 0.6 is 0 Å². The van der Waals surface area contributed by atoms with Crippen molar-refractivity contribution in [3.8, 4) is 0 Å². The van der Waals surface area contributed by atoms with Gasteiger partial charge in [-0.15, -0.1) is 0 Å². The van der Waals surface area contributed by atoms with Crippen LogP contribution in [0.15, 0.2) is 5.10 Å². The zero-order chi connectivity index (χ0) is 11.8. The molecule has 5 N–H and O–H groups in total. The second-order valence-electron chi connectivity index (χ2n) is 4.67. The molecule has 6 nitrogen and oxygen atoms in total. The molecular weight excluding hydrogens is 208 g/mol. The Morgan fingerprint density at radius 1 is 1.31 bits per heavy atom. The summed E-state index contributed by atoms with van der Waals surface area (Å²) in [5.41, 5.74) is 13.7. The molecule has 1 fully saturated rings. The monoisotopic (exact) mass is 224 g/mol. The van der Waals surface area contributed by atoms with Crippen molar-refractivity contribution in [3.63, 3.8) is 0 Å². The van der Waals surface area contributed by atoms with Crippen LogP contribution in [0.25, 0.3) is 0 Å². The molecule has 1 saturated carbocycles. The summed E-state index contributed by atoms with van der Waals surface area (Å²) in [6.45, 7) is 0. The van der Waals surface area contributed by atoms with Crippen molar-refractivity contribution in [1.82, 2.24) is 5.43 Å². The Morgan fingerprint density at radius 3 is 2.38 bits per heavy atom. The lowest BCUT2D eigenvalue weighted by molar-refractivity contribution is -0.123. The molecule has 0 bridgehead atoms. The molecule has 0 unspecified atom stereocenters. The van der Waals surface area contributed by atoms with Crippen LogP contribution in [0, 0.1) is 5.92 Å². The lowest BCUT2D eigenvalue weighted by Gasteiger charge is -2.35. The minimum absolute atomic E-state index is 0.0370. The van der Waals surface area contributed by atoms with Crippen LogP contribution in [-0.4, -0.2) is 23.1 Å². The number of hydrazone groups is 1. The zero-order valence-electron chi connectivity index (χ0n) is 9.03. The number of nitrogens with zero attached hydrogens (tertiary/aromatic N) is 1. The van der Waals surface area contributed by atoms with Gasteiger partial charge in [0.15, 0.2) is 0 Å². The lowest BCUT2D eigenvalue weighted by atomic mass is 9.74. The second kappa shape index (κ2) is 3.77. The number of rotatable bonds is 2. The van der Waals surface area contributed by atoms with E-state index in [1.165, 1.54) is 0 Å². The highest BCUT2D eigenvalue weighted by atomic mass is 16.1. The van der Waals surface area contributed by atoms with Gasteiger partial charge in [-0.25, -0.2) is 0 Å². The van der Waals surface area contributed by atoms with Gasteiger partial charge in [0.25, 0.3) is 5.91 Å². The smallest absolute Gasteiger partial charge is 0.264 e. The van der Waals surface area contributed by atoms with Crippen LogP contribution in [0.5, 0.6) is 0 Å². The first kappa shape index (κ1) is 10.9. The minimum Gasteiger partial charge on any atom is -0.369 e. The Kier molecular flexibility index (Phi) is 2.57. The standard InChI is InChI=1S/C10H16N4O2/c11-8(15)6-1-3-10(4-2-6)5-7(9(12)16)13-14-10/h6,14H,1-5H2,(H2,11,15)(H2,12,16). The molecule has 1 aliphatic carbocycles. The Hall–Kier alpha value is -1.59. The SMILES string of the molecule is NC(=O)C1=NNC2(CCC(C(N)=O)CC2)C1. The third kappa shape index (κ3) is 1.87. The summed E-state index contributed by atoms with van der Waals surface area (Å²) in [6.07, 6.45) is 3.68. The van der Waals surface area contributed by atoms with Crippen LogP contribution in [-0.2, 0) is 9.59 Å². The highest BCUT2D eigenvalue weighted by molar-refractivity contribution is 6.38. The molecule has 0 atom stereocenters. The number of hydrogen-bond acceptors (Lipinski definition) is 4. The summed E-state index contributed by atoms with van der Waals surface area (Å²) in [5.74, 6) is -0.740. The van der Waals surface area contributed by atoms with E-state index in [0.717, 1.165) is 25.7 Å². The third-order valence-electron chi connectivity index (χ3n) is 3.56. The average molecular weight is 224 g/mol. The van der Waals surface area contributed by atoms with E-state index in [4.69, 9.17) is 11.5 Å². The molecule has 1 aliphatic heterocycles. The fraction of sp³-hybridized carbons (Fsp3) is 0.700. The van der Waals surface area contributed by atoms with Gasteiger partial charge in [-0.2, -0.15) is 5.10 Å². The van der Waals surface area contributed by atoms with Gasteiger partial charge in [-0.3, -0.25) is 9.59 Å². The highest BCUT2D eigenvalue weighted by Gasteiger charge is 2.41. The third-order valence-corrected chi connectivity index (χ3v) is 3.56. The Labute approximate surface area is 93.4 Å². The molecular formula is C10H16N4O2. The van der Waals surface area contributed by atoms with Gasteiger partial charge >= 0.3 is 0 Å². The maximum Gasteiger partial charge on any atom is 0.264 e. The number of amides is 2. The zero-order valence-corrected chi connectivity index (χ0v) is 9.03. The molecule has 2 rings (SSSR count). The number of primary amides is 2. The summed E-state index contributed by atoms with van der Waals surface area (Å²) in [5, 5.41) is 3.96. The van der Waals surface area contributed by atoms with Gasteiger partial charge in [0.2, 0.25) is 5.91 Å². The predicted octanol–water partition coefficient (Wildman–Crippen LogP) is -0.765. The van der Waals surface area contributed by atoms with Crippen molar-refractivity contribution >= 4 is 17.5 Å². The van der Waals surface area contributed by atoms with Gasteiger partial charge in [0.1, 0.15) is 5.71 Å². The van der Waals surface area contributed by atoms with Crippen LogP contribution in [0.4, 0.5) is 0 Å². The molecule has 0 aromatic carbocycles. The normalized spacial score (nSPS) is 33.2. The first-order valence-corrected chi connectivity index (χ1v) is 5.45. The van der Waals surface area contributed by atoms with Gasteiger partial charge < -0.3 is 16.9 Å². The van der Waals surface area contributed by atoms with Crippen LogP contribution in [0.3, 0.4) is 0 Å². The predicted molar refractivity (Wildman–Crippen MR) is 58.3 cm³/mol. The maximum absolute atomic E-state index is 11.0. The topological polar surface area (TPSA) is 111 Å². The molecule has 0 aromatic rings. The van der Waals surface area contributed by atoms with Crippen molar-refractivity contribution in [2.75, 3.05) is 0 Å². The first-order chi connectivity index (χ1) is 7.52. The molecule has 16 heavy (non-hydrogen) atoms.